The largest absolute Gasteiger partial charge is 0.478 e. The number of carboxylic acid groups (broad SMARTS) is 1. The van der Waals surface area contributed by atoms with Crippen LogP contribution in [0.5, 0.6) is 0 Å². The summed E-state index contributed by atoms with van der Waals surface area (Å²) in [6.45, 7) is 4.65. The Bertz CT molecular complexity index is 871. The van der Waals surface area contributed by atoms with Gasteiger partial charge in [0.2, 0.25) is 0 Å². The third kappa shape index (κ3) is 4.60. The fourth-order valence-electron chi connectivity index (χ4n) is 2.59. The Hall–Kier alpha value is -2.34. The van der Waals surface area contributed by atoms with Gasteiger partial charge in [0.1, 0.15) is 0 Å². The van der Waals surface area contributed by atoms with Crippen molar-refractivity contribution >= 4 is 21.5 Å². The van der Waals surface area contributed by atoms with E-state index in [1.807, 2.05) is 31.2 Å². The van der Waals surface area contributed by atoms with Crippen molar-refractivity contribution in [3.8, 4) is 11.1 Å². The van der Waals surface area contributed by atoms with Gasteiger partial charge in [-0.1, -0.05) is 43.2 Å². The van der Waals surface area contributed by atoms with Crippen molar-refractivity contribution in [3.05, 3.63) is 47.5 Å². The Morgan fingerprint density at radius 2 is 1.80 bits per heavy atom. The Balaban J connectivity index is 2.74. The first-order valence-electron chi connectivity index (χ1n) is 8.16. The lowest BCUT2D eigenvalue weighted by molar-refractivity contribution is 0.0696. The van der Waals surface area contributed by atoms with Gasteiger partial charge < -0.3 is 10.4 Å². The first-order chi connectivity index (χ1) is 11.7. The van der Waals surface area contributed by atoms with Crippen molar-refractivity contribution < 1.29 is 18.3 Å². The number of sulfone groups is 1. The second-order valence-electron chi connectivity index (χ2n) is 6.12. The first kappa shape index (κ1) is 19.0. The van der Waals surface area contributed by atoms with E-state index in [0.717, 1.165) is 30.2 Å². The van der Waals surface area contributed by atoms with Crippen LogP contribution in [0.2, 0.25) is 0 Å². The maximum absolute atomic E-state index is 12.3. The molecule has 0 aromatic heterocycles. The summed E-state index contributed by atoms with van der Waals surface area (Å²) in [5.74, 6) is -1.15. The van der Waals surface area contributed by atoms with Crippen LogP contribution in [0.15, 0.2) is 41.3 Å². The van der Waals surface area contributed by atoms with E-state index in [0.29, 0.717) is 17.8 Å². The molecule has 0 unspecified atom stereocenters. The van der Waals surface area contributed by atoms with E-state index in [1.165, 1.54) is 12.1 Å². The predicted molar refractivity (Wildman–Crippen MR) is 100 cm³/mol. The number of benzene rings is 2. The van der Waals surface area contributed by atoms with Gasteiger partial charge in [0.25, 0.3) is 0 Å². The summed E-state index contributed by atoms with van der Waals surface area (Å²) in [4.78, 5) is 11.5. The molecule has 0 radical (unpaired) electrons. The highest BCUT2D eigenvalue weighted by Crippen LogP contribution is 2.36. The van der Waals surface area contributed by atoms with Gasteiger partial charge in [-0.25, -0.2) is 13.2 Å². The maximum atomic E-state index is 12.3. The molecule has 134 valence electrons. The number of aryl methyl sites for hydroxylation is 1. The van der Waals surface area contributed by atoms with E-state index in [2.05, 4.69) is 12.2 Å². The number of anilines is 1. The SMILES string of the molecule is CCCCNc1cc(C(=O)O)cc(S(C)(=O)=O)c1-c1ccc(C)cc1. The number of nitrogens with one attached hydrogen (secondary N) is 1. The maximum Gasteiger partial charge on any atom is 0.335 e. The van der Waals surface area contributed by atoms with Gasteiger partial charge >= 0.3 is 5.97 Å². The second-order valence-corrected chi connectivity index (χ2v) is 8.10. The minimum absolute atomic E-state index is 0.0234. The van der Waals surface area contributed by atoms with Crippen LogP contribution >= 0.6 is 0 Å². The molecule has 6 heteroatoms. The molecule has 0 saturated carbocycles. The molecule has 0 aliphatic rings. The third-order valence-corrected chi connectivity index (χ3v) is 5.06. The molecule has 0 fully saturated rings. The minimum Gasteiger partial charge on any atom is -0.478 e. The average Bonchev–Trinajstić information content (AvgIpc) is 2.54. The quantitative estimate of drug-likeness (QED) is 0.729. The highest BCUT2D eigenvalue weighted by atomic mass is 32.2. The fourth-order valence-corrected chi connectivity index (χ4v) is 3.53. The van der Waals surface area contributed by atoms with Gasteiger partial charge in [-0.2, -0.15) is 0 Å². The Morgan fingerprint density at radius 3 is 2.32 bits per heavy atom. The summed E-state index contributed by atoms with van der Waals surface area (Å²) in [6, 6.07) is 10.2. The number of rotatable bonds is 7. The second kappa shape index (κ2) is 7.70. The molecular weight excluding hydrogens is 338 g/mol. The van der Waals surface area contributed by atoms with Gasteiger partial charge in [0.15, 0.2) is 9.84 Å². The zero-order valence-electron chi connectivity index (χ0n) is 14.7. The summed E-state index contributed by atoms with van der Waals surface area (Å²) in [5, 5.41) is 12.6. The van der Waals surface area contributed by atoms with Gasteiger partial charge in [0.05, 0.1) is 10.5 Å². The molecule has 5 nitrogen and oxygen atoms in total. The van der Waals surface area contributed by atoms with Crippen molar-refractivity contribution in [1.82, 2.24) is 0 Å². The smallest absolute Gasteiger partial charge is 0.335 e. The molecule has 0 saturated heterocycles. The summed E-state index contributed by atoms with van der Waals surface area (Å²) < 4.78 is 24.7. The van der Waals surface area contributed by atoms with Gasteiger partial charge in [-0.3, -0.25) is 0 Å². The summed E-state index contributed by atoms with van der Waals surface area (Å²) >= 11 is 0. The van der Waals surface area contributed by atoms with Crippen molar-refractivity contribution in [3.63, 3.8) is 0 Å². The van der Waals surface area contributed by atoms with Gasteiger partial charge in [-0.15, -0.1) is 0 Å². The van der Waals surface area contributed by atoms with Crippen molar-refractivity contribution in [2.45, 2.75) is 31.6 Å². The number of carbonyl (C=O) groups is 1. The van der Waals surface area contributed by atoms with E-state index >= 15 is 0 Å². The Labute approximate surface area is 148 Å². The fraction of sp³-hybridized carbons (Fsp3) is 0.316. The molecule has 0 atom stereocenters. The molecule has 25 heavy (non-hydrogen) atoms. The zero-order chi connectivity index (χ0) is 18.6. The Morgan fingerprint density at radius 1 is 1.16 bits per heavy atom. The van der Waals surface area contributed by atoms with Crippen LogP contribution in [0.3, 0.4) is 0 Å². The van der Waals surface area contributed by atoms with Crippen molar-refractivity contribution in [2.24, 2.45) is 0 Å². The van der Waals surface area contributed by atoms with Crippen LogP contribution in [-0.2, 0) is 9.84 Å². The van der Waals surface area contributed by atoms with E-state index in [-0.39, 0.29) is 10.5 Å². The number of carboxylic acids is 1. The third-order valence-electron chi connectivity index (χ3n) is 3.93. The highest BCUT2D eigenvalue weighted by Gasteiger charge is 2.22. The van der Waals surface area contributed by atoms with Crippen LogP contribution in [-0.4, -0.2) is 32.3 Å². The van der Waals surface area contributed by atoms with Crippen LogP contribution < -0.4 is 5.32 Å². The lowest BCUT2D eigenvalue weighted by atomic mass is 10.00. The lowest BCUT2D eigenvalue weighted by Gasteiger charge is -2.17. The molecule has 2 aromatic carbocycles. The van der Waals surface area contributed by atoms with Crippen molar-refractivity contribution in [1.29, 1.82) is 0 Å². The molecule has 0 bridgehead atoms. The molecule has 2 N–H and O–H groups in total. The normalized spacial score (nSPS) is 11.3. The summed E-state index contributed by atoms with van der Waals surface area (Å²) in [6.07, 6.45) is 2.98. The van der Waals surface area contributed by atoms with Crippen LogP contribution in [0.4, 0.5) is 5.69 Å². The average molecular weight is 361 g/mol. The molecule has 2 aromatic rings. The predicted octanol–water partition coefficient (Wildman–Crippen LogP) is 3.98. The van der Waals surface area contributed by atoms with Gasteiger partial charge in [0, 0.05) is 24.1 Å². The summed E-state index contributed by atoms with van der Waals surface area (Å²) in [5.41, 5.74) is 2.80. The van der Waals surface area contributed by atoms with Crippen LogP contribution in [0.25, 0.3) is 11.1 Å². The molecule has 0 aliphatic carbocycles. The molecule has 2 rings (SSSR count). The molecule has 0 spiro atoms. The standard InChI is InChI=1S/C19H23NO4S/c1-4-5-10-20-16-11-15(19(21)22)12-17(25(3,23)24)18(16)14-8-6-13(2)7-9-14/h6-9,11-12,20H,4-5,10H2,1-3H3,(H,21,22). The number of hydrogen-bond acceptors (Lipinski definition) is 4. The topological polar surface area (TPSA) is 83.5 Å². The lowest BCUT2D eigenvalue weighted by Crippen LogP contribution is -2.10. The van der Waals surface area contributed by atoms with E-state index in [4.69, 9.17) is 0 Å². The summed E-state index contributed by atoms with van der Waals surface area (Å²) in [7, 11) is -3.60. The molecule has 0 heterocycles. The number of hydrogen-bond donors (Lipinski definition) is 2. The number of unbranched alkanes of at least 4 members (excludes halogenated alkanes) is 1. The Kier molecular flexibility index (Phi) is 5.85. The van der Waals surface area contributed by atoms with Crippen LogP contribution in [0, 0.1) is 6.92 Å². The first-order valence-corrected chi connectivity index (χ1v) is 10.1. The van der Waals surface area contributed by atoms with E-state index in [1.54, 1.807) is 0 Å². The molecular formula is C19H23NO4S. The van der Waals surface area contributed by atoms with E-state index < -0.39 is 15.8 Å². The highest BCUT2D eigenvalue weighted by molar-refractivity contribution is 7.90. The monoisotopic (exact) mass is 361 g/mol. The number of aromatic carboxylic acids is 1. The molecule has 0 aliphatic heterocycles. The minimum atomic E-state index is -3.60. The van der Waals surface area contributed by atoms with E-state index in [9.17, 15) is 18.3 Å². The molecule has 0 amide bonds. The van der Waals surface area contributed by atoms with Gasteiger partial charge in [-0.05, 0) is 31.0 Å². The van der Waals surface area contributed by atoms with Crippen molar-refractivity contribution in [2.75, 3.05) is 18.1 Å². The zero-order valence-corrected chi connectivity index (χ0v) is 15.5. The van der Waals surface area contributed by atoms with Crippen LogP contribution in [0.1, 0.15) is 35.7 Å².